The van der Waals surface area contributed by atoms with Crippen LogP contribution in [0.3, 0.4) is 0 Å². The molecule has 0 aliphatic heterocycles. The minimum Gasteiger partial charge on any atom is -0.464 e. The van der Waals surface area contributed by atoms with Gasteiger partial charge < -0.3 is 14.9 Å². The molecule has 0 fully saturated rings. The summed E-state index contributed by atoms with van der Waals surface area (Å²) in [4.78, 5) is 25.5. The number of ether oxygens (including phenoxy) is 1. The van der Waals surface area contributed by atoms with Gasteiger partial charge in [-0.25, -0.2) is 13.6 Å². The molecule has 0 aliphatic carbocycles. The molecule has 22 heavy (non-hydrogen) atoms. The first-order valence-corrected chi connectivity index (χ1v) is 6.23. The predicted octanol–water partition coefficient (Wildman–Crippen LogP) is 2.22. The molecule has 116 valence electrons. The quantitative estimate of drug-likeness (QED) is 0.480. The van der Waals surface area contributed by atoms with Crippen LogP contribution in [0, 0.1) is 21.7 Å². The van der Waals surface area contributed by atoms with Crippen molar-refractivity contribution in [2.24, 2.45) is 0 Å². The second kappa shape index (κ2) is 6.29. The van der Waals surface area contributed by atoms with E-state index in [0.29, 0.717) is 0 Å². The van der Waals surface area contributed by atoms with E-state index < -0.39 is 34.4 Å². The first-order valence-electron chi connectivity index (χ1n) is 6.23. The topological polar surface area (TPSA) is 87.3 Å². The summed E-state index contributed by atoms with van der Waals surface area (Å²) >= 11 is 0. The largest absolute Gasteiger partial charge is 0.464 e. The fraction of sp³-hybridized carbons (Fsp3) is 0.231. The Morgan fingerprint density at radius 2 is 2.18 bits per heavy atom. The third kappa shape index (κ3) is 3.08. The zero-order valence-corrected chi connectivity index (χ0v) is 11.4. The van der Waals surface area contributed by atoms with E-state index in [-0.39, 0.29) is 12.2 Å². The predicted molar refractivity (Wildman–Crippen MR) is 70.0 cm³/mol. The van der Waals surface area contributed by atoms with Crippen LogP contribution in [-0.2, 0) is 9.53 Å². The Labute approximate surface area is 123 Å². The fourth-order valence-electron chi connectivity index (χ4n) is 1.89. The van der Waals surface area contributed by atoms with Crippen LogP contribution in [0.25, 0.3) is 0 Å². The highest BCUT2D eigenvalue weighted by molar-refractivity contribution is 5.78. The molecule has 0 bridgehead atoms. The highest BCUT2D eigenvalue weighted by Crippen LogP contribution is 2.23. The van der Waals surface area contributed by atoms with Crippen molar-refractivity contribution < 1.29 is 23.2 Å². The summed E-state index contributed by atoms with van der Waals surface area (Å²) in [6.07, 6.45) is 2.07. The Hall–Kier alpha value is -2.84. The molecule has 0 spiro atoms. The van der Waals surface area contributed by atoms with Gasteiger partial charge in [0.1, 0.15) is 6.20 Å². The lowest BCUT2D eigenvalue weighted by Crippen LogP contribution is -2.22. The standard InChI is InChI=1S/C13H11F2N3O4/c1-2-22-13(19)12(8-3-4-9(14)10(15)5-8)17-6-11(16-7-17)18(20)21/h3-7,12H,2H2,1H3. The number of imidazole rings is 1. The van der Waals surface area contributed by atoms with Crippen LogP contribution in [0.2, 0.25) is 0 Å². The van der Waals surface area contributed by atoms with Crippen molar-refractivity contribution in [3.8, 4) is 0 Å². The lowest BCUT2D eigenvalue weighted by Gasteiger charge is -2.16. The van der Waals surface area contributed by atoms with Crippen LogP contribution in [0.5, 0.6) is 0 Å². The van der Waals surface area contributed by atoms with Crippen molar-refractivity contribution in [2.75, 3.05) is 6.61 Å². The van der Waals surface area contributed by atoms with Crippen molar-refractivity contribution in [1.29, 1.82) is 0 Å². The van der Waals surface area contributed by atoms with E-state index in [1.807, 2.05) is 0 Å². The van der Waals surface area contributed by atoms with Crippen molar-refractivity contribution in [1.82, 2.24) is 9.55 Å². The zero-order chi connectivity index (χ0) is 16.3. The number of carbonyl (C=O) groups is 1. The number of hydrogen-bond acceptors (Lipinski definition) is 5. The molecule has 0 radical (unpaired) electrons. The Morgan fingerprint density at radius 3 is 2.73 bits per heavy atom. The fourth-order valence-corrected chi connectivity index (χ4v) is 1.89. The molecular weight excluding hydrogens is 300 g/mol. The van der Waals surface area contributed by atoms with Crippen molar-refractivity contribution in [2.45, 2.75) is 13.0 Å². The van der Waals surface area contributed by atoms with E-state index in [4.69, 9.17) is 4.74 Å². The van der Waals surface area contributed by atoms with Gasteiger partial charge in [-0.05, 0) is 34.5 Å². The number of nitrogens with zero attached hydrogens (tertiary/aromatic N) is 3. The molecule has 1 unspecified atom stereocenters. The van der Waals surface area contributed by atoms with Crippen LogP contribution in [0.15, 0.2) is 30.7 Å². The maximum absolute atomic E-state index is 13.4. The van der Waals surface area contributed by atoms with Crippen molar-refractivity contribution in [3.05, 3.63) is 58.0 Å². The van der Waals surface area contributed by atoms with Gasteiger partial charge in [0.25, 0.3) is 0 Å². The summed E-state index contributed by atoms with van der Waals surface area (Å²) in [6, 6.07) is 1.70. The minimum absolute atomic E-state index is 0.0653. The molecule has 0 saturated carbocycles. The smallest absolute Gasteiger partial charge is 0.381 e. The van der Waals surface area contributed by atoms with Crippen LogP contribution in [0.1, 0.15) is 18.5 Å². The van der Waals surface area contributed by atoms with Crippen LogP contribution in [0.4, 0.5) is 14.6 Å². The third-order valence-corrected chi connectivity index (χ3v) is 2.84. The molecule has 0 saturated heterocycles. The van der Waals surface area contributed by atoms with E-state index in [1.54, 1.807) is 6.92 Å². The van der Waals surface area contributed by atoms with Crippen molar-refractivity contribution >= 4 is 11.8 Å². The summed E-state index contributed by atoms with van der Waals surface area (Å²) in [5, 5.41) is 10.7. The zero-order valence-electron chi connectivity index (χ0n) is 11.4. The Morgan fingerprint density at radius 1 is 1.45 bits per heavy atom. The molecule has 2 aromatic rings. The number of rotatable bonds is 5. The molecule has 9 heteroatoms. The van der Waals surface area contributed by atoms with E-state index in [9.17, 15) is 23.7 Å². The minimum atomic E-state index is -1.20. The highest BCUT2D eigenvalue weighted by atomic mass is 19.2. The second-order valence-corrected chi connectivity index (χ2v) is 4.26. The number of aromatic nitrogens is 2. The van der Waals surface area contributed by atoms with E-state index in [1.165, 1.54) is 6.07 Å². The molecule has 0 N–H and O–H groups in total. The number of nitro groups is 1. The lowest BCUT2D eigenvalue weighted by molar-refractivity contribution is -0.389. The van der Waals surface area contributed by atoms with Gasteiger partial charge in [0, 0.05) is 0 Å². The van der Waals surface area contributed by atoms with Gasteiger partial charge in [-0.2, -0.15) is 0 Å². The van der Waals surface area contributed by atoms with Crippen molar-refractivity contribution in [3.63, 3.8) is 0 Å². The van der Waals surface area contributed by atoms with Gasteiger partial charge in [0.05, 0.1) is 6.61 Å². The van der Waals surface area contributed by atoms with E-state index in [0.717, 1.165) is 29.2 Å². The molecule has 1 heterocycles. The van der Waals surface area contributed by atoms with Gasteiger partial charge in [-0.15, -0.1) is 0 Å². The number of hydrogen-bond donors (Lipinski definition) is 0. The monoisotopic (exact) mass is 311 g/mol. The summed E-state index contributed by atoms with van der Waals surface area (Å²) in [7, 11) is 0. The van der Waals surface area contributed by atoms with E-state index in [2.05, 4.69) is 4.98 Å². The number of benzene rings is 1. The summed E-state index contributed by atoms with van der Waals surface area (Å²) < 4.78 is 32.4. The number of esters is 1. The number of carbonyl (C=O) groups excluding carboxylic acids is 1. The molecular formula is C13H11F2N3O4. The summed E-state index contributed by atoms with van der Waals surface area (Å²) in [5.74, 6) is -3.44. The maximum Gasteiger partial charge on any atom is 0.381 e. The van der Waals surface area contributed by atoms with Gasteiger partial charge in [-0.3, -0.25) is 4.57 Å². The van der Waals surface area contributed by atoms with Gasteiger partial charge >= 0.3 is 11.8 Å². The average molecular weight is 311 g/mol. The molecule has 1 aromatic heterocycles. The molecule has 1 aromatic carbocycles. The van der Waals surface area contributed by atoms with Crippen LogP contribution in [-0.4, -0.2) is 27.1 Å². The Bertz CT molecular complexity index is 717. The van der Waals surface area contributed by atoms with Gasteiger partial charge in [0.15, 0.2) is 17.7 Å². The second-order valence-electron chi connectivity index (χ2n) is 4.26. The van der Waals surface area contributed by atoms with E-state index >= 15 is 0 Å². The van der Waals surface area contributed by atoms with Crippen LogP contribution >= 0.6 is 0 Å². The molecule has 7 nitrogen and oxygen atoms in total. The van der Waals surface area contributed by atoms with Crippen LogP contribution < -0.4 is 0 Å². The number of halogens is 2. The molecule has 1 atom stereocenters. The van der Waals surface area contributed by atoms with Gasteiger partial charge in [0.2, 0.25) is 6.33 Å². The highest BCUT2D eigenvalue weighted by Gasteiger charge is 2.27. The normalized spacial score (nSPS) is 12.0. The third-order valence-electron chi connectivity index (χ3n) is 2.84. The summed E-state index contributed by atoms with van der Waals surface area (Å²) in [6.45, 7) is 1.65. The molecule has 0 aliphatic rings. The molecule has 2 rings (SSSR count). The lowest BCUT2D eigenvalue weighted by atomic mass is 10.1. The average Bonchev–Trinajstić information content (AvgIpc) is 2.93. The first kappa shape index (κ1) is 15.5. The first-order chi connectivity index (χ1) is 10.4. The molecule has 0 amide bonds. The maximum atomic E-state index is 13.4. The summed E-state index contributed by atoms with van der Waals surface area (Å²) in [5.41, 5.74) is 0.0876. The van der Waals surface area contributed by atoms with Gasteiger partial charge in [-0.1, -0.05) is 6.07 Å². The SMILES string of the molecule is CCOC(=O)C(c1ccc(F)c(F)c1)n1cnc([N+](=O)[O-])c1. The Balaban J connectivity index is 2.47. The Kier molecular flexibility index (Phi) is 4.44.